The Morgan fingerprint density at radius 1 is 1.05 bits per heavy atom. The van der Waals surface area contributed by atoms with E-state index in [1.807, 2.05) is 20.8 Å². The van der Waals surface area contributed by atoms with E-state index in [9.17, 15) is 8.42 Å². The second-order valence-electron chi connectivity index (χ2n) is 4.77. The van der Waals surface area contributed by atoms with Gasteiger partial charge in [0.1, 0.15) is 0 Å². The van der Waals surface area contributed by atoms with Gasteiger partial charge in [-0.3, -0.25) is 0 Å². The van der Waals surface area contributed by atoms with Crippen molar-refractivity contribution in [1.29, 1.82) is 0 Å². The van der Waals surface area contributed by atoms with E-state index in [0.29, 0.717) is 28.6 Å². The molecule has 0 radical (unpaired) electrons. The molecule has 0 saturated carbocycles. The molecule has 0 heterocycles. The number of rotatable bonds is 6. The third-order valence-corrected chi connectivity index (χ3v) is 5.47. The molecule has 1 aromatic rings. The number of aryl methyl sites for hydroxylation is 2. The molecule has 19 heavy (non-hydrogen) atoms. The lowest BCUT2D eigenvalue weighted by Gasteiger charge is -2.22. The summed E-state index contributed by atoms with van der Waals surface area (Å²) in [5.41, 5.74) is 1.49. The summed E-state index contributed by atoms with van der Waals surface area (Å²) < 4.78 is 26.9. The van der Waals surface area contributed by atoms with Crippen molar-refractivity contribution < 1.29 is 8.42 Å². The number of nitrogens with zero attached hydrogens (tertiary/aromatic N) is 1. The van der Waals surface area contributed by atoms with Gasteiger partial charge in [-0.25, -0.2) is 8.42 Å². The van der Waals surface area contributed by atoms with Gasteiger partial charge in [0.25, 0.3) is 0 Å². The van der Waals surface area contributed by atoms with E-state index in [4.69, 9.17) is 11.6 Å². The average Bonchev–Trinajstić information content (AvgIpc) is 2.33. The van der Waals surface area contributed by atoms with Gasteiger partial charge in [0.15, 0.2) is 0 Å². The van der Waals surface area contributed by atoms with Gasteiger partial charge in [-0.2, -0.15) is 4.31 Å². The Morgan fingerprint density at radius 2 is 1.58 bits per heavy atom. The number of hydrogen-bond donors (Lipinski definition) is 0. The molecular formula is C14H22ClNO2S. The predicted octanol–water partition coefficient (Wildman–Crippen LogP) is 3.77. The Morgan fingerprint density at radius 3 is 2.05 bits per heavy atom. The zero-order valence-corrected chi connectivity index (χ0v) is 13.6. The Labute approximate surface area is 121 Å². The van der Waals surface area contributed by atoms with Crippen LogP contribution in [0.4, 0.5) is 0 Å². The molecule has 0 aliphatic heterocycles. The van der Waals surface area contributed by atoms with Crippen LogP contribution < -0.4 is 0 Å². The zero-order chi connectivity index (χ0) is 14.6. The number of hydrogen-bond acceptors (Lipinski definition) is 2. The fraction of sp³-hybridized carbons (Fsp3) is 0.571. The normalized spacial score (nSPS) is 12.1. The van der Waals surface area contributed by atoms with E-state index >= 15 is 0 Å². The Balaban J connectivity index is 3.28. The Bertz CT molecular complexity index is 535. The molecule has 0 amide bonds. The van der Waals surface area contributed by atoms with Crippen molar-refractivity contribution in [3.05, 3.63) is 28.3 Å². The summed E-state index contributed by atoms with van der Waals surface area (Å²) in [5, 5.41) is 0.606. The fourth-order valence-electron chi connectivity index (χ4n) is 2.02. The van der Waals surface area contributed by atoms with E-state index in [0.717, 1.165) is 18.4 Å². The molecule has 0 aliphatic rings. The molecule has 108 valence electrons. The van der Waals surface area contributed by atoms with Crippen LogP contribution in [0.15, 0.2) is 17.0 Å². The second kappa shape index (κ2) is 6.73. The van der Waals surface area contributed by atoms with Gasteiger partial charge in [0, 0.05) is 18.1 Å². The van der Waals surface area contributed by atoms with E-state index in [-0.39, 0.29) is 0 Å². The van der Waals surface area contributed by atoms with Crippen LogP contribution in [0.25, 0.3) is 0 Å². The summed E-state index contributed by atoms with van der Waals surface area (Å²) >= 11 is 6.03. The standard InChI is InChI=1S/C14H22ClNO2S/c1-5-7-16(8-6-2)19(17,18)14-10-11(3)13(15)9-12(14)4/h9-10H,5-8H2,1-4H3. The molecule has 3 nitrogen and oxygen atoms in total. The van der Waals surface area contributed by atoms with Gasteiger partial charge >= 0.3 is 0 Å². The first-order chi connectivity index (χ1) is 8.84. The molecule has 0 saturated heterocycles. The molecule has 0 N–H and O–H groups in total. The van der Waals surface area contributed by atoms with Crippen LogP contribution in [-0.2, 0) is 10.0 Å². The largest absolute Gasteiger partial charge is 0.243 e. The molecule has 0 atom stereocenters. The first-order valence-corrected chi connectivity index (χ1v) is 8.43. The number of sulfonamides is 1. The van der Waals surface area contributed by atoms with Gasteiger partial charge in [-0.05, 0) is 49.9 Å². The fourth-order valence-corrected chi connectivity index (χ4v) is 4.16. The lowest BCUT2D eigenvalue weighted by Crippen LogP contribution is -2.33. The lowest BCUT2D eigenvalue weighted by atomic mass is 10.2. The summed E-state index contributed by atoms with van der Waals surface area (Å²) in [4.78, 5) is 0.372. The minimum absolute atomic E-state index is 0.372. The predicted molar refractivity (Wildman–Crippen MR) is 80.3 cm³/mol. The third kappa shape index (κ3) is 3.71. The van der Waals surface area contributed by atoms with Crippen LogP contribution in [0.1, 0.15) is 37.8 Å². The zero-order valence-electron chi connectivity index (χ0n) is 12.0. The molecule has 1 rings (SSSR count). The highest BCUT2D eigenvalue weighted by Gasteiger charge is 2.25. The van der Waals surface area contributed by atoms with Gasteiger partial charge in [0.05, 0.1) is 4.90 Å². The summed E-state index contributed by atoms with van der Waals surface area (Å²) in [6.07, 6.45) is 1.62. The smallest absolute Gasteiger partial charge is 0.207 e. The molecule has 0 aromatic heterocycles. The lowest BCUT2D eigenvalue weighted by molar-refractivity contribution is 0.409. The summed E-state index contributed by atoms with van der Waals surface area (Å²) in [6.45, 7) is 8.68. The number of halogens is 1. The van der Waals surface area contributed by atoms with Crippen LogP contribution in [0.3, 0.4) is 0 Å². The molecule has 1 aromatic carbocycles. The van der Waals surface area contributed by atoms with Crippen LogP contribution in [0, 0.1) is 13.8 Å². The van der Waals surface area contributed by atoms with Crippen LogP contribution in [-0.4, -0.2) is 25.8 Å². The number of benzene rings is 1. The van der Waals surface area contributed by atoms with Crippen molar-refractivity contribution in [3.8, 4) is 0 Å². The van der Waals surface area contributed by atoms with E-state index < -0.39 is 10.0 Å². The van der Waals surface area contributed by atoms with Gasteiger partial charge < -0.3 is 0 Å². The van der Waals surface area contributed by atoms with E-state index in [1.54, 1.807) is 23.4 Å². The maximum absolute atomic E-state index is 12.7. The second-order valence-corrected chi connectivity index (χ2v) is 7.08. The van der Waals surface area contributed by atoms with Crippen LogP contribution in [0.2, 0.25) is 5.02 Å². The minimum atomic E-state index is -3.42. The average molecular weight is 304 g/mol. The Hall–Kier alpha value is -0.580. The van der Waals surface area contributed by atoms with Crippen molar-refractivity contribution in [2.75, 3.05) is 13.1 Å². The van der Waals surface area contributed by atoms with E-state index in [2.05, 4.69) is 0 Å². The Kier molecular flexibility index (Phi) is 5.83. The van der Waals surface area contributed by atoms with Gasteiger partial charge in [0.2, 0.25) is 10.0 Å². The van der Waals surface area contributed by atoms with Gasteiger partial charge in [-0.1, -0.05) is 25.4 Å². The molecular weight excluding hydrogens is 282 g/mol. The van der Waals surface area contributed by atoms with Crippen molar-refractivity contribution in [3.63, 3.8) is 0 Å². The highest BCUT2D eigenvalue weighted by molar-refractivity contribution is 7.89. The monoisotopic (exact) mass is 303 g/mol. The van der Waals surface area contributed by atoms with Crippen molar-refractivity contribution >= 4 is 21.6 Å². The van der Waals surface area contributed by atoms with E-state index in [1.165, 1.54) is 0 Å². The molecule has 0 bridgehead atoms. The highest BCUT2D eigenvalue weighted by atomic mass is 35.5. The van der Waals surface area contributed by atoms with Gasteiger partial charge in [-0.15, -0.1) is 0 Å². The van der Waals surface area contributed by atoms with Crippen molar-refractivity contribution in [1.82, 2.24) is 4.31 Å². The minimum Gasteiger partial charge on any atom is -0.207 e. The third-order valence-electron chi connectivity index (χ3n) is 3.02. The first kappa shape index (κ1) is 16.5. The quantitative estimate of drug-likeness (QED) is 0.802. The maximum atomic E-state index is 12.7. The topological polar surface area (TPSA) is 37.4 Å². The molecule has 0 unspecified atom stereocenters. The van der Waals surface area contributed by atoms with Crippen molar-refractivity contribution in [2.45, 2.75) is 45.4 Å². The SMILES string of the molecule is CCCN(CCC)S(=O)(=O)c1cc(C)c(Cl)cc1C. The molecule has 0 fully saturated rings. The summed E-state index contributed by atoms with van der Waals surface area (Å²) in [6, 6.07) is 3.39. The summed E-state index contributed by atoms with van der Waals surface area (Å²) in [5.74, 6) is 0. The first-order valence-electron chi connectivity index (χ1n) is 6.61. The van der Waals surface area contributed by atoms with Crippen LogP contribution >= 0.6 is 11.6 Å². The highest BCUT2D eigenvalue weighted by Crippen LogP contribution is 2.26. The van der Waals surface area contributed by atoms with Crippen molar-refractivity contribution in [2.24, 2.45) is 0 Å². The molecule has 0 spiro atoms. The molecule has 5 heteroatoms. The maximum Gasteiger partial charge on any atom is 0.243 e. The molecule has 0 aliphatic carbocycles. The summed E-state index contributed by atoms with van der Waals surface area (Å²) in [7, 11) is -3.42. The van der Waals surface area contributed by atoms with Crippen LogP contribution in [0.5, 0.6) is 0 Å².